The first-order valence-corrected chi connectivity index (χ1v) is 25.5. The van der Waals surface area contributed by atoms with Gasteiger partial charge in [0.25, 0.3) is 6.71 Å². The number of anilines is 6. The first-order chi connectivity index (χ1) is 32.9. The molecule has 10 aromatic rings. The number of fused-ring (bicyclic) bond motifs is 14. The van der Waals surface area contributed by atoms with Gasteiger partial charge in [-0.15, -0.1) is 0 Å². The van der Waals surface area contributed by atoms with Crippen molar-refractivity contribution in [3.8, 4) is 5.69 Å². The highest BCUT2D eigenvalue weighted by Gasteiger charge is 2.50. The highest BCUT2D eigenvalue weighted by Crippen LogP contribution is 2.56. The van der Waals surface area contributed by atoms with Gasteiger partial charge in [0, 0.05) is 32.9 Å². The first kappa shape index (κ1) is 43.4. The molecule has 0 saturated carbocycles. The Bertz CT molecular complexity index is 3930. The maximum Gasteiger partial charge on any atom is 0.297 e. The Kier molecular flexibility index (Phi) is 8.43. The fourth-order valence-electron chi connectivity index (χ4n) is 12.0. The third-order valence-corrected chi connectivity index (χ3v) is 16.0. The van der Waals surface area contributed by atoms with E-state index in [0.717, 1.165) is 49.9 Å². The Morgan fingerprint density at radius 3 is 1.59 bits per heavy atom. The van der Waals surface area contributed by atoms with Crippen molar-refractivity contribution < 1.29 is 8.83 Å². The van der Waals surface area contributed by atoms with Crippen LogP contribution in [0.3, 0.4) is 0 Å². The van der Waals surface area contributed by atoms with Crippen LogP contribution in [-0.2, 0) is 27.1 Å². The molecule has 5 nitrogen and oxygen atoms in total. The minimum atomic E-state index is -0.208. The number of benzene rings is 7. The van der Waals surface area contributed by atoms with Crippen LogP contribution in [0.5, 0.6) is 0 Å². The maximum atomic E-state index is 7.55. The van der Waals surface area contributed by atoms with Crippen molar-refractivity contribution in [2.24, 2.45) is 0 Å². The van der Waals surface area contributed by atoms with E-state index in [2.05, 4.69) is 233 Å². The average molecular weight is 918 g/mol. The van der Waals surface area contributed by atoms with Gasteiger partial charge in [0.2, 0.25) is 0 Å². The molecule has 6 heteroatoms. The van der Waals surface area contributed by atoms with Crippen LogP contribution in [0.25, 0.3) is 60.4 Å². The molecule has 0 amide bonds. The zero-order valence-electron chi connectivity index (χ0n) is 43.7. The molecular formula is C64H64BN3O2. The maximum absolute atomic E-state index is 7.55. The van der Waals surface area contributed by atoms with Crippen molar-refractivity contribution in [2.75, 3.05) is 9.80 Å². The third kappa shape index (κ3) is 5.91. The van der Waals surface area contributed by atoms with Crippen LogP contribution in [0.2, 0.25) is 0 Å². The summed E-state index contributed by atoms with van der Waals surface area (Å²) >= 11 is 0. The van der Waals surface area contributed by atoms with Gasteiger partial charge in [-0.05, 0) is 139 Å². The summed E-state index contributed by atoms with van der Waals surface area (Å²) in [6.45, 7) is 35.0. The topological polar surface area (TPSA) is 37.7 Å². The minimum Gasteiger partial charge on any atom is -0.468 e. The zero-order valence-corrected chi connectivity index (χ0v) is 43.7. The number of nitrogens with zero attached hydrogens (tertiary/aromatic N) is 3. The van der Waals surface area contributed by atoms with Crippen LogP contribution in [0.1, 0.15) is 132 Å². The quantitative estimate of drug-likeness (QED) is 0.154. The summed E-state index contributed by atoms with van der Waals surface area (Å²) < 4.78 is 16.9. The lowest BCUT2D eigenvalue weighted by Crippen LogP contribution is -2.61. The van der Waals surface area contributed by atoms with E-state index in [1.54, 1.807) is 0 Å². The molecule has 0 saturated heterocycles. The third-order valence-electron chi connectivity index (χ3n) is 16.0. The van der Waals surface area contributed by atoms with Crippen LogP contribution < -0.4 is 26.4 Å². The molecule has 70 heavy (non-hydrogen) atoms. The second kappa shape index (κ2) is 13.6. The van der Waals surface area contributed by atoms with Crippen molar-refractivity contribution in [1.82, 2.24) is 4.57 Å². The van der Waals surface area contributed by atoms with Gasteiger partial charge in [-0.2, -0.15) is 0 Å². The fourth-order valence-corrected chi connectivity index (χ4v) is 12.0. The summed E-state index contributed by atoms with van der Waals surface area (Å²) in [5.74, 6) is 0. The molecule has 6 heterocycles. The van der Waals surface area contributed by atoms with Gasteiger partial charge in [-0.3, -0.25) is 0 Å². The summed E-state index contributed by atoms with van der Waals surface area (Å²) in [4.78, 5) is 5.25. The van der Waals surface area contributed by atoms with Gasteiger partial charge in [0.1, 0.15) is 16.7 Å². The second-order valence-electron chi connectivity index (χ2n) is 25.9. The zero-order chi connectivity index (χ0) is 49.1. The Morgan fingerprint density at radius 2 is 0.914 bits per heavy atom. The SMILES string of the molecule is CC(C)(C)c1cc2c3c(c1)N1c4c(cc(C(C)(C)C)cc4-n4c5ccc(C(C)(C)C)cc5c5cc(C(C)(C)C)cc1c54)B3c1oc3ccc(C(C)(C)C)cc3c1N2c1cccc2oc3ccccc3c12. The average Bonchev–Trinajstić information content (AvgIpc) is 3.96. The van der Waals surface area contributed by atoms with Crippen LogP contribution in [0, 0.1) is 0 Å². The van der Waals surface area contributed by atoms with Crippen molar-refractivity contribution in [3.05, 3.63) is 143 Å². The van der Waals surface area contributed by atoms with Crippen LogP contribution in [-0.4, -0.2) is 11.3 Å². The number of aromatic nitrogens is 1. The highest BCUT2D eigenvalue weighted by atomic mass is 16.3. The smallest absolute Gasteiger partial charge is 0.297 e. The summed E-state index contributed by atoms with van der Waals surface area (Å²) in [7, 11) is 0. The molecule has 3 aromatic heterocycles. The number of rotatable bonds is 1. The van der Waals surface area contributed by atoms with E-state index in [1.807, 2.05) is 0 Å². The van der Waals surface area contributed by atoms with E-state index in [1.165, 1.54) is 89.0 Å². The fraction of sp³-hybridized carbons (Fsp3) is 0.312. The molecule has 350 valence electrons. The number of furan rings is 2. The van der Waals surface area contributed by atoms with Crippen LogP contribution in [0.4, 0.5) is 34.1 Å². The normalized spacial score (nSPS) is 14.7. The van der Waals surface area contributed by atoms with Gasteiger partial charge in [0.15, 0.2) is 0 Å². The molecule has 7 aromatic carbocycles. The largest absolute Gasteiger partial charge is 0.468 e. The van der Waals surface area contributed by atoms with Crippen molar-refractivity contribution >= 4 is 112 Å². The molecule has 0 fully saturated rings. The molecule has 0 bridgehead atoms. The summed E-state index contributed by atoms with van der Waals surface area (Å²) in [5, 5.41) is 5.93. The Morgan fingerprint density at radius 1 is 0.386 bits per heavy atom. The van der Waals surface area contributed by atoms with E-state index in [9.17, 15) is 0 Å². The predicted octanol–water partition coefficient (Wildman–Crippen LogP) is 16.3. The lowest BCUT2D eigenvalue weighted by Gasteiger charge is -2.46. The molecule has 13 rings (SSSR count). The van der Waals surface area contributed by atoms with E-state index in [-0.39, 0.29) is 33.8 Å². The standard InChI is InChI=1S/C64H64BN3O2/c1-60(2,3)35-23-25-45-41(27-35)42-29-37(62(7,8)9)33-49-56(42)66(45)50-34-38(63(10,11)12)30-44-58(50)68(49)48-32-39(64(13,14)15)31-47-55(48)65(44)59-57(43-28-36(61(4,5)6)24-26-52(43)70-59)67(47)46-20-18-22-53-54(46)40-19-16-17-21-51(40)69-53/h16-34H,1-15H3. The summed E-state index contributed by atoms with van der Waals surface area (Å²) in [6.07, 6.45) is 0. The monoisotopic (exact) mass is 918 g/mol. The number of para-hydroxylation sites is 1. The molecule has 0 radical (unpaired) electrons. The van der Waals surface area contributed by atoms with Gasteiger partial charge >= 0.3 is 0 Å². The van der Waals surface area contributed by atoms with Crippen LogP contribution in [0.15, 0.2) is 124 Å². The Balaban J connectivity index is 1.25. The van der Waals surface area contributed by atoms with Gasteiger partial charge in [0.05, 0.1) is 50.5 Å². The van der Waals surface area contributed by atoms with E-state index < -0.39 is 0 Å². The van der Waals surface area contributed by atoms with E-state index in [4.69, 9.17) is 8.83 Å². The molecule has 0 spiro atoms. The van der Waals surface area contributed by atoms with Gasteiger partial charge in [-0.1, -0.05) is 146 Å². The summed E-state index contributed by atoms with van der Waals surface area (Å²) in [6, 6.07) is 44.3. The van der Waals surface area contributed by atoms with E-state index in [0.29, 0.717) is 0 Å². The predicted molar refractivity (Wildman–Crippen MR) is 299 cm³/mol. The Labute approximate surface area is 413 Å². The van der Waals surface area contributed by atoms with Crippen LogP contribution >= 0.6 is 0 Å². The van der Waals surface area contributed by atoms with Crippen molar-refractivity contribution in [3.63, 3.8) is 0 Å². The number of hydrogen-bond donors (Lipinski definition) is 0. The molecule has 0 aliphatic carbocycles. The van der Waals surface area contributed by atoms with E-state index >= 15 is 0 Å². The molecular weight excluding hydrogens is 854 g/mol. The molecule has 3 aliphatic heterocycles. The minimum absolute atomic E-state index is 0.00918. The van der Waals surface area contributed by atoms with Gasteiger partial charge < -0.3 is 23.2 Å². The summed E-state index contributed by atoms with van der Waals surface area (Å²) in [5.41, 5.74) is 22.9. The number of hydrogen-bond acceptors (Lipinski definition) is 4. The molecule has 0 unspecified atom stereocenters. The van der Waals surface area contributed by atoms with Crippen molar-refractivity contribution in [1.29, 1.82) is 0 Å². The lowest BCUT2D eigenvalue weighted by molar-refractivity contribution is 0.589. The molecule has 0 atom stereocenters. The van der Waals surface area contributed by atoms with Gasteiger partial charge in [-0.25, -0.2) is 0 Å². The van der Waals surface area contributed by atoms with Crippen molar-refractivity contribution in [2.45, 2.75) is 131 Å². The molecule has 0 N–H and O–H groups in total. The highest BCUT2D eigenvalue weighted by molar-refractivity contribution is 7.00. The lowest BCUT2D eigenvalue weighted by atomic mass is 9.35. The Hall–Kier alpha value is -6.66. The molecule has 3 aliphatic rings. The first-order valence-electron chi connectivity index (χ1n) is 25.5. The second-order valence-corrected chi connectivity index (χ2v) is 25.9.